The molecule has 25 heavy (non-hydrogen) atoms. The van der Waals surface area contributed by atoms with Crippen molar-refractivity contribution in [1.29, 1.82) is 0 Å². The van der Waals surface area contributed by atoms with Gasteiger partial charge < -0.3 is 9.47 Å². The largest absolute Gasteiger partial charge is 0.465 e. The Morgan fingerprint density at radius 1 is 1.08 bits per heavy atom. The highest BCUT2D eigenvalue weighted by molar-refractivity contribution is 5.29. The summed E-state index contributed by atoms with van der Waals surface area (Å²) in [6.45, 7) is 7.63. The molecule has 0 amide bonds. The Kier molecular flexibility index (Phi) is 6.81. The van der Waals surface area contributed by atoms with Gasteiger partial charge in [0.1, 0.15) is 5.75 Å². The van der Waals surface area contributed by atoms with Crippen LogP contribution in [-0.2, 0) is 4.74 Å². The fourth-order valence-electron chi connectivity index (χ4n) is 4.62. The molecule has 0 spiro atoms. The van der Waals surface area contributed by atoms with E-state index in [0.29, 0.717) is 5.92 Å². The van der Waals surface area contributed by atoms with Crippen LogP contribution in [0.5, 0.6) is 5.75 Å². The molecule has 2 nitrogen and oxygen atoms in total. The molecule has 0 aliphatic heterocycles. The Bertz CT molecular complexity index is 509. The Hall–Kier alpha value is -1.02. The minimum absolute atomic E-state index is 0.0893. The summed E-state index contributed by atoms with van der Waals surface area (Å²) in [5.74, 6) is 4.24. The van der Waals surface area contributed by atoms with Gasteiger partial charge in [-0.3, -0.25) is 0 Å². The van der Waals surface area contributed by atoms with Gasteiger partial charge in [0.25, 0.3) is 0 Å². The van der Waals surface area contributed by atoms with Crippen LogP contribution in [-0.4, -0.2) is 12.9 Å². The zero-order valence-corrected chi connectivity index (χ0v) is 16.4. The summed E-state index contributed by atoms with van der Waals surface area (Å²) in [6.07, 6.45) is 10.1. The normalized spacial score (nSPS) is 27.4. The molecule has 2 heteroatoms. The lowest BCUT2D eigenvalue weighted by atomic mass is 9.89. The summed E-state index contributed by atoms with van der Waals surface area (Å²) in [7, 11) is 0. The van der Waals surface area contributed by atoms with Crippen molar-refractivity contribution in [2.24, 2.45) is 17.8 Å². The Balaban J connectivity index is 1.52. The maximum Gasteiger partial charge on any atom is 0.199 e. The fraction of sp³-hybridized carbons (Fsp3) is 0.739. The third-order valence-corrected chi connectivity index (χ3v) is 6.50. The topological polar surface area (TPSA) is 18.5 Å². The highest BCUT2D eigenvalue weighted by Gasteiger charge is 2.39. The monoisotopic (exact) mass is 344 g/mol. The summed E-state index contributed by atoms with van der Waals surface area (Å²) in [6, 6.07) is 8.63. The van der Waals surface area contributed by atoms with E-state index in [0.717, 1.165) is 43.0 Å². The third kappa shape index (κ3) is 5.00. The average Bonchev–Trinajstić information content (AvgIpc) is 3.27. The van der Waals surface area contributed by atoms with Crippen LogP contribution in [0.4, 0.5) is 0 Å². The Morgan fingerprint density at radius 2 is 1.88 bits per heavy atom. The predicted octanol–water partition coefficient (Wildman–Crippen LogP) is 6.55. The summed E-state index contributed by atoms with van der Waals surface area (Å²) < 4.78 is 12.5. The number of rotatable bonds is 10. The number of hydrogen-bond acceptors (Lipinski definition) is 2. The molecule has 2 aliphatic carbocycles. The van der Waals surface area contributed by atoms with Crippen LogP contribution in [0.2, 0.25) is 0 Å². The van der Waals surface area contributed by atoms with Crippen molar-refractivity contribution in [2.75, 3.05) is 6.61 Å². The van der Waals surface area contributed by atoms with Gasteiger partial charge in [-0.15, -0.1) is 0 Å². The van der Waals surface area contributed by atoms with E-state index in [1.165, 1.54) is 44.1 Å². The van der Waals surface area contributed by atoms with Gasteiger partial charge in [0, 0.05) is 6.42 Å². The molecule has 2 fully saturated rings. The van der Waals surface area contributed by atoms with Crippen molar-refractivity contribution >= 4 is 0 Å². The van der Waals surface area contributed by atoms with Gasteiger partial charge in [0.15, 0.2) is 6.29 Å². The van der Waals surface area contributed by atoms with Crippen molar-refractivity contribution in [1.82, 2.24) is 0 Å². The summed E-state index contributed by atoms with van der Waals surface area (Å²) in [5, 5.41) is 0. The van der Waals surface area contributed by atoms with Gasteiger partial charge in [-0.1, -0.05) is 45.7 Å². The lowest BCUT2D eigenvalue weighted by Crippen LogP contribution is -2.26. The average molecular weight is 345 g/mol. The van der Waals surface area contributed by atoms with E-state index >= 15 is 0 Å². The molecule has 0 heterocycles. The zero-order valence-electron chi connectivity index (χ0n) is 16.4. The number of fused-ring (bicyclic) bond motifs is 2. The third-order valence-electron chi connectivity index (χ3n) is 6.50. The first-order valence-corrected chi connectivity index (χ1v) is 10.6. The van der Waals surface area contributed by atoms with Gasteiger partial charge in [0.2, 0.25) is 0 Å². The van der Waals surface area contributed by atoms with Crippen LogP contribution < -0.4 is 4.74 Å². The molecule has 1 aromatic carbocycles. The SMILES string of the molecule is CCCCC(OCC1CC2CCC1C2)Oc1ccc(C(C)CC)cc1. The van der Waals surface area contributed by atoms with E-state index in [4.69, 9.17) is 9.47 Å². The van der Waals surface area contributed by atoms with E-state index in [1.54, 1.807) is 0 Å². The van der Waals surface area contributed by atoms with Crippen molar-refractivity contribution in [3.8, 4) is 5.75 Å². The molecule has 0 aromatic heterocycles. The minimum Gasteiger partial charge on any atom is -0.465 e. The number of hydrogen-bond donors (Lipinski definition) is 0. The Morgan fingerprint density at radius 3 is 2.48 bits per heavy atom. The smallest absolute Gasteiger partial charge is 0.199 e. The van der Waals surface area contributed by atoms with Gasteiger partial charge in [-0.2, -0.15) is 0 Å². The lowest BCUT2D eigenvalue weighted by Gasteiger charge is -2.25. The van der Waals surface area contributed by atoms with Gasteiger partial charge in [-0.25, -0.2) is 0 Å². The fourth-order valence-corrected chi connectivity index (χ4v) is 4.62. The van der Waals surface area contributed by atoms with E-state index in [2.05, 4.69) is 45.0 Å². The summed E-state index contributed by atoms with van der Waals surface area (Å²) in [4.78, 5) is 0. The number of ether oxygens (including phenoxy) is 2. The number of unbranched alkanes of at least 4 members (excludes halogenated alkanes) is 1. The van der Waals surface area contributed by atoms with Crippen LogP contribution >= 0.6 is 0 Å². The molecular formula is C23H36O2. The molecule has 3 rings (SSSR count). The second-order valence-corrected chi connectivity index (χ2v) is 8.34. The maximum atomic E-state index is 6.26. The van der Waals surface area contributed by atoms with Gasteiger partial charge in [0.05, 0.1) is 6.61 Å². The molecule has 2 bridgehead atoms. The van der Waals surface area contributed by atoms with Crippen LogP contribution in [0.3, 0.4) is 0 Å². The molecule has 5 atom stereocenters. The first-order chi connectivity index (χ1) is 12.2. The highest BCUT2D eigenvalue weighted by Crippen LogP contribution is 2.48. The molecule has 140 valence electrons. The molecule has 0 saturated heterocycles. The van der Waals surface area contributed by atoms with Crippen molar-refractivity contribution < 1.29 is 9.47 Å². The highest BCUT2D eigenvalue weighted by atomic mass is 16.7. The quantitative estimate of drug-likeness (QED) is 0.448. The first kappa shape index (κ1) is 18.8. The zero-order chi connectivity index (χ0) is 17.6. The summed E-state index contributed by atoms with van der Waals surface area (Å²) in [5.41, 5.74) is 1.39. The van der Waals surface area contributed by atoms with Gasteiger partial charge >= 0.3 is 0 Å². The number of benzene rings is 1. The van der Waals surface area contributed by atoms with E-state index in [-0.39, 0.29) is 6.29 Å². The van der Waals surface area contributed by atoms with Crippen LogP contribution in [0.15, 0.2) is 24.3 Å². The molecule has 1 aromatic rings. The van der Waals surface area contributed by atoms with E-state index in [9.17, 15) is 0 Å². The first-order valence-electron chi connectivity index (χ1n) is 10.6. The maximum absolute atomic E-state index is 6.26. The molecule has 0 N–H and O–H groups in total. The molecule has 2 saturated carbocycles. The standard InChI is InChI=1S/C23H36O2/c1-4-6-7-23(24-16-21-15-18-8-9-20(21)14-18)25-22-12-10-19(11-13-22)17(3)5-2/h10-13,17-18,20-21,23H,4-9,14-16H2,1-3H3. The predicted molar refractivity (Wildman–Crippen MR) is 104 cm³/mol. The molecule has 2 aliphatic rings. The molecular weight excluding hydrogens is 308 g/mol. The van der Waals surface area contributed by atoms with E-state index in [1.807, 2.05) is 0 Å². The Labute approximate surface area is 154 Å². The van der Waals surface area contributed by atoms with Crippen molar-refractivity contribution in [3.05, 3.63) is 29.8 Å². The lowest BCUT2D eigenvalue weighted by molar-refractivity contribution is -0.101. The molecule has 5 unspecified atom stereocenters. The van der Waals surface area contributed by atoms with Crippen LogP contribution in [0.1, 0.15) is 83.6 Å². The van der Waals surface area contributed by atoms with Crippen molar-refractivity contribution in [3.63, 3.8) is 0 Å². The van der Waals surface area contributed by atoms with E-state index < -0.39 is 0 Å². The van der Waals surface area contributed by atoms with Crippen molar-refractivity contribution in [2.45, 2.75) is 84.3 Å². The van der Waals surface area contributed by atoms with Gasteiger partial charge in [-0.05, 0) is 73.5 Å². The van der Waals surface area contributed by atoms with Crippen LogP contribution in [0.25, 0.3) is 0 Å². The second kappa shape index (κ2) is 9.07. The summed E-state index contributed by atoms with van der Waals surface area (Å²) >= 11 is 0. The second-order valence-electron chi connectivity index (χ2n) is 8.34. The van der Waals surface area contributed by atoms with Crippen LogP contribution in [0, 0.1) is 17.8 Å². The minimum atomic E-state index is -0.0893. The molecule has 0 radical (unpaired) electrons.